The highest BCUT2D eigenvalue weighted by Crippen LogP contribution is 2.26. The van der Waals surface area contributed by atoms with E-state index >= 15 is 0 Å². The fourth-order valence-electron chi connectivity index (χ4n) is 4.22. The Hall–Kier alpha value is -2.60. The molecular formula is C24H29ClN4O2. The van der Waals surface area contributed by atoms with Gasteiger partial charge < -0.3 is 14.7 Å². The molecule has 0 saturated carbocycles. The van der Waals surface area contributed by atoms with Crippen molar-refractivity contribution in [1.29, 1.82) is 0 Å². The number of halogens is 1. The Balaban J connectivity index is 1.34. The van der Waals surface area contributed by atoms with E-state index < -0.39 is 0 Å². The number of benzene rings is 1. The summed E-state index contributed by atoms with van der Waals surface area (Å²) < 4.78 is 0. The summed E-state index contributed by atoms with van der Waals surface area (Å²) in [6.45, 7) is 6.26. The Bertz CT molecular complexity index is 933. The molecule has 164 valence electrons. The summed E-state index contributed by atoms with van der Waals surface area (Å²) in [4.78, 5) is 35.7. The fourth-order valence-corrected chi connectivity index (χ4v) is 4.51. The van der Waals surface area contributed by atoms with Gasteiger partial charge in [-0.15, -0.1) is 0 Å². The quantitative estimate of drug-likeness (QED) is 0.729. The number of hydrogen-bond acceptors (Lipinski definition) is 4. The Morgan fingerprint density at radius 1 is 0.935 bits per heavy atom. The number of aryl methyl sites for hydroxylation is 1. The summed E-state index contributed by atoms with van der Waals surface area (Å²) in [5, 5.41) is 0.488. The van der Waals surface area contributed by atoms with Crippen LogP contribution in [0.2, 0.25) is 5.02 Å². The number of carbonyl (C=O) groups excluding carboxylic acids is 2. The number of aromatic nitrogens is 1. The minimum atomic E-state index is 0.00664. The zero-order valence-electron chi connectivity index (χ0n) is 18.0. The predicted octanol–water partition coefficient (Wildman–Crippen LogP) is 3.56. The molecule has 6 nitrogen and oxygen atoms in total. The Morgan fingerprint density at radius 3 is 2.26 bits per heavy atom. The number of nitrogens with zero attached hydrogens (tertiary/aromatic N) is 4. The second-order valence-electron chi connectivity index (χ2n) is 8.41. The largest absolute Gasteiger partial charge is 0.352 e. The highest BCUT2D eigenvalue weighted by molar-refractivity contribution is 6.33. The van der Waals surface area contributed by atoms with E-state index in [0.29, 0.717) is 49.0 Å². The standard InChI is InChI=1S/C24H29ClN4O2/c1-18-5-7-19(8-6-18)15-22(30)27-11-13-28(14-12-27)23-21(25)16-20(17-26-23)24(31)29-9-3-2-4-10-29/h5-8,16-17H,2-4,9-15H2,1H3. The van der Waals surface area contributed by atoms with Crippen LogP contribution < -0.4 is 4.90 Å². The summed E-state index contributed by atoms with van der Waals surface area (Å²) in [7, 11) is 0. The topological polar surface area (TPSA) is 56.8 Å². The van der Waals surface area contributed by atoms with Crippen LogP contribution >= 0.6 is 11.6 Å². The SMILES string of the molecule is Cc1ccc(CC(=O)N2CCN(c3ncc(C(=O)N4CCCCC4)cc3Cl)CC2)cc1. The third-order valence-electron chi connectivity index (χ3n) is 6.12. The van der Waals surface area contributed by atoms with Crippen molar-refractivity contribution >= 4 is 29.2 Å². The monoisotopic (exact) mass is 440 g/mol. The van der Waals surface area contributed by atoms with Crippen LogP contribution in [0.3, 0.4) is 0 Å². The smallest absolute Gasteiger partial charge is 0.255 e. The number of hydrogen-bond donors (Lipinski definition) is 0. The van der Waals surface area contributed by atoms with Crippen molar-refractivity contribution in [3.8, 4) is 0 Å². The molecule has 0 bridgehead atoms. The molecular weight excluding hydrogens is 412 g/mol. The summed E-state index contributed by atoms with van der Waals surface area (Å²) in [5.41, 5.74) is 2.78. The molecule has 0 atom stereocenters. The number of rotatable bonds is 4. The first-order valence-electron chi connectivity index (χ1n) is 11.0. The number of pyridine rings is 1. The van der Waals surface area contributed by atoms with E-state index in [9.17, 15) is 9.59 Å². The molecule has 0 unspecified atom stereocenters. The molecule has 2 aliphatic heterocycles. The van der Waals surface area contributed by atoms with Crippen molar-refractivity contribution < 1.29 is 9.59 Å². The molecule has 0 aliphatic carbocycles. The van der Waals surface area contributed by atoms with E-state index in [1.165, 1.54) is 12.0 Å². The van der Waals surface area contributed by atoms with Crippen LogP contribution in [0.1, 0.15) is 40.7 Å². The van der Waals surface area contributed by atoms with Crippen LogP contribution in [0, 0.1) is 6.92 Å². The zero-order chi connectivity index (χ0) is 21.8. The molecule has 0 radical (unpaired) electrons. The van der Waals surface area contributed by atoms with Gasteiger partial charge in [0.1, 0.15) is 5.82 Å². The van der Waals surface area contributed by atoms with Gasteiger partial charge in [0, 0.05) is 45.5 Å². The number of likely N-dealkylation sites (tertiary alicyclic amines) is 1. The van der Waals surface area contributed by atoms with E-state index in [-0.39, 0.29) is 11.8 Å². The molecule has 1 aromatic carbocycles. The second-order valence-corrected chi connectivity index (χ2v) is 8.82. The van der Waals surface area contributed by atoms with Crippen molar-refractivity contribution in [1.82, 2.24) is 14.8 Å². The van der Waals surface area contributed by atoms with Gasteiger partial charge in [-0.25, -0.2) is 4.98 Å². The molecule has 0 spiro atoms. The maximum atomic E-state index is 12.7. The molecule has 1 aromatic heterocycles. The summed E-state index contributed by atoms with van der Waals surface area (Å²) >= 11 is 6.51. The summed E-state index contributed by atoms with van der Waals surface area (Å²) in [6.07, 6.45) is 5.34. The van der Waals surface area contributed by atoms with E-state index in [2.05, 4.69) is 9.88 Å². The lowest BCUT2D eigenvalue weighted by Gasteiger charge is -2.36. The van der Waals surface area contributed by atoms with Crippen molar-refractivity contribution in [2.75, 3.05) is 44.2 Å². The van der Waals surface area contributed by atoms with Gasteiger partial charge in [0.05, 0.1) is 17.0 Å². The van der Waals surface area contributed by atoms with E-state index in [1.807, 2.05) is 41.0 Å². The lowest BCUT2D eigenvalue weighted by molar-refractivity contribution is -0.130. The van der Waals surface area contributed by atoms with Crippen molar-refractivity contribution in [2.45, 2.75) is 32.6 Å². The first-order chi connectivity index (χ1) is 15.0. The number of anilines is 1. The molecule has 0 N–H and O–H groups in total. The molecule has 7 heteroatoms. The van der Waals surface area contributed by atoms with E-state index in [1.54, 1.807) is 12.3 Å². The first kappa shape index (κ1) is 21.6. The Kier molecular flexibility index (Phi) is 6.76. The van der Waals surface area contributed by atoms with Gasteiger partial charge in [-0.3, -0.25) is 9.59 Å². The molecule has 4 rings (SSSR count). The summed E-state index contributed by atoms with van der Waals surface area (Å²) in [5.74, 6) is 0.833. The number of piperidine rings is 1. The number of amides is 2. The molecule has 2 amide bonds. The maximum Gasteiger partial charge on any atom is 0.255 e. The first-order valence-corrected chi connectivity index (χ1v) is 11.4. The van der Waals surface area contributed by atoms with Crippen LogP contribution in [0.5, 0.6) is 0 Å². The normalized spacial score (nSPS) is 17.0. The average Bonchev–Trinajstić information content (AvgIpc) is 2.80. The van der Waals surface area contributed by atoms with Crippen molar-refractivity contribution in [3.63, 3.8) is 0 Å². The molecule has 2 fully saturated rings. The molecule has 2 saturated heterocycles. The fraction of sp³-hybridized carbons (Fsp3) is 0.458. The highest BCUT2D eigenvalue weighted by Gasteiger charge is 2.25. The second kappa shape index (κ2) is 9.69. The predicted molar refractivity (Wildman–Crippen MR) is 123 cm³/mol. The van der Waals surface area contributed by atoms with Gasteiger partial charge >= 0.3 is 0 Å². The third kappa shape index (κ3) is 5.18. The van der Waals surface area contributed by atoms with Crippen molar-refractivity contribution in [2.24, 2.45) is 0 Å². The van der Waals surface area contributed by atoms with Crippen LogP contribution in [0.15, 0.2) is 36.5 Å². The maximum absolute atomic E-state index is 12.7. The van der Waals surface area contributed by atoms with Crippen LogP contribution in [-0.4, -0.2) is 65.9 Å². The van der Waals surface area contributed by atoms with E-state index in [0.717, 1.165) is 31.5 Å². The lowest BCUT2D eigenvalue weighted by Crippen LogP contribution is -2.49. The van der Waals surface area contributed by atoms with Crippen molar-refractivity contribution in [3.05, 3.63) is 58.2 Å². The average molecular weight is 441 g/mol. The van der Waals surface area contributed by atoms with Gasteiger partial charge in [0.2, 0.25) is 5.91 Å². The van der Waals surface area contributed by atoms with Crippen LogP contribution in [-0.2, 0) is 11.2 Å². The van der Waals surface area contributed by atoms with Gasteiger partial charge in [-0.2, -0.15) is 0 Å². The number of carbonyl (C=O) groups is 2. The van der Waals surface area contributed by atoms with Crippen LogP contribution in [0.25, 0.3) is 0 Å². The van der Waals surface area contributed by atoms with Gasteiger partial charge in [0.25, 0.3) is 5.91 Å². The lowest BCUT2D eigenvalue weighted by atomic mass is 10.1. The van der Waals surface area contributed by atoms with Gasteiger partial charge in [-0.05, 0) is 37.8 Å². The molecule has 2 aliphatic rings. The Morgan fingerprint density at radius 2 is 1.61 bits per heavy atom. The van der Waals surface area contributed by atoms with Gasteiger partial charge in [-0.1, -0.05) is 41.4 Å². The molecule has 2 aromatic rings. The Labute approximate surface area is 188 Å². The van der Waals surface area contributed by atoms with Crippen LogP contribution in [0.4, 0.5) is 5.82 Å². The zero-order valence-corrected chi connectivity index (χ0v) is 18.8. The molecule has 31 heavy (non-hydrogen) atoms. The number of piperazine rings is 1. The van der Waals surface area contributed by atoms with E-state index in [4.69, 9.17) is 11.6 Å². The molecule has 3 heterocycles. The van der Waals surface area contributed by atoms with Gasteiger partial charge in [0.15, 0.2) is 0 Å². The minimum Gasteiger partial charge on any atom is -0.352 e. The highest BCUT2D eigenvalue weighted by atomic mass is 35.5. The third-order valence-corrected chi connectivity index (χ3v) is 6.40. The summed E-state index contributed by atoms with van der Waals surface area (Å²) in [6, 6.07) is 9.83. The minimum absolute atomic E-state index is 0.00664.